The Balaban J connectivity index is 2.00. The van der Waals surface area contributed by atoms with E-state index in [2.05, 4.69) is 42.3 Å². The van der Waals surface area contributed by atoms with Crippen LogP contribution >= 0.6 is 0 Å². The van der Waals surface area contributed by atoms with Gasteiger partial charge >= 0.3 is 0 Å². The lowest BCUT2D eigenvalue weighted by atomic mass is 10.0. The van der Waals surface area contributed by atoms with Crippen LogP contribution in [0.25, 0.3) is 0 Å². The molecule has 1 atom stereocenters. The minimum Gasteiger partial charge on any atom is -0.313 e. The van der Waals surface area contributed by atoms with Gasteiger partial charge in [-0.05, 0) is 39.7 Å². The summed E-state index contributed by atoms with van der Waals surface area (Å²) in [5.74, 6) is 0. The SMILES string of the molecule is CCc1nn(C)cc1CN(CC1CCCCN1)C(C)C. The smallest absolute Gasteiger partial charge is 0.0666 e. The molecule has 1 aliphatic rings. The van der Waals surface area contributed by atoms with Crippen molar-refractivity contribution >= 4 is 0 Å². The van der Waals surface area contributed by atoms with E-state index in [1.165, 1.54) is 37.1 Å². The van der Waals surface area contributed by atoms with Gasteiger partial charge in [-0.1, -0.05) is 13.3 Å². The summed E-state index contributed by atoms with van der Waals surface area (Å²) in [6, 6.07) is 1.23. The Bertz CT molecular complexity index is 405. The summed E-state index contributed by atoms with van der Waals surface area (Å²) in [6.07, 6.45) is 7.22. The minimum atomic E-state index is 0.573. The first-order chi connectivity index (χ1) is 9.60. The predicted octanol–water partition coefficient (Wildman–Crippen LogP) is 2.33. The molecule has 1 saturated heterocycles. The van der Waals surface area contributed by atoms with Crippen molar-refractivity contribution in [2.24, 2.45) is 7.05 Å². The van der Waals surface area contributed by atoms with E-state index in [4.69, 9.17) is 0 Å². The van der Waals surface area contributed by atoms with Crippen LogP contribution in [0.4, 0.5) is 0 Å². The number of aryl methyl sites for hydroxylation is 2. The topological polar surface area (TPSA) is 33.1 Å². The molecule has 1 N–H and O–H groups in total. The number of hydrogen-bond donors (Lipinski definition) is 1. The Morgan fingerprint density at radius 2 is 2.25 bits per heavy atom. The van der Waals surface area contributed by atoms with E-state index in [1.54, 1.807) is 0 Å². The van der Waals surface area contributed by atoms with Crippen molar-refractivity contribution in [1.82, 2.24) is 20.0 Å². The lowest BCUT2D eigenvalue weighted by Gasteiger charge is -2.33. The lowest BCUT2D eigenvalue weighted by Crippen LogP contribution is -2.45. The monoisotopic (exact) mass is 278 g/mol. The zero-order valence-corrected chi connectivity index (χ0v) is 13.5. The number of nitrogens with one attached hydrogen (secondary N) is 1. The molecule has 1 unspecified atom stereocenters. The third-order valence-corrected chi connectivity index (χ3v) is 4.30. The fraction of sp³-hybridized carbons (Fsp3) is 0.812. The summed E-state index contributed by atoms with van der Waals surface area (Å²) in [4.78, 5) is 2.58. The van der Waals surface area contributed by atoms with Crippen molar-refractivity contribution in [3.05, 3.63) is 17.5 Å². The molecule has 0 amide bonds. The van der Waals surface area contributed by atoms with Crippen molar-refractivity contribution in [3.8, 4) is 0 Å². The first kappa shape index (κ1) is 15.5. The van der Waals surface area contributed by atoms with Crippen LogP contribution < -0.4 is 5.32 Å². The van der Waals surface area contributed by atoms with Crippen molar-refractivity contribution in [2.75, 3.05) is 13.1 Å². The molecule has 1 aliphatic heterocycles. The van der Waals surface area contributed by atoms with Gasteiger partial charge in [-0.25, -0.2) is 0 Å². The van der Waals surface area contributed by atoms with Crippen molar-refractivity contribution in [3.63, 3.8) is 0 Å². The molecule has 4 nitrogen and oxygen atoms in total. The van der Waals surface area contributed by atoms with Gasteiger partial charge in [-0.3, -0.25) is 9.58 Å². The summed E-state index contributed by atoms with van der Waals surface area (Å²) in [5, 5.41) is 8.22. The van der Waals surface area contributed by atoms with Gasteiger partial charge in [0.1, 0.15) is 0 Å². The molecular weight excluding hydrogens is 248 g/mol. The predicted molar refractivity (Wildman–Crippen MR) is 83.8 cm³/mol. The normalized spacial score (nSPS) is 20.0. The molecule has 2 rings (SSSR count). The molecule has 4 heteroatoms. The Morgan fingerprint density at radius 1 is 1.45 bits per heavy atom. The second kappa shape index (κ2) is 7.23. The zero-order valence-electron chi connectivity index (χ0n) is 13.5. The highest BCUT2D eigenvalue weighted by atomic mass is 15.3. The Kier molecular flexibility index (Phi) is 5.61. The summed E-state index contributed by atoms with van der Waals surface area (Å²) in [7, 11) is 2.02. The van der Waals surface area contributed by atoms with Gasteiger partial charge in [0.05, 0.1) is 5.69 Å². The van der Waals surface area contributed by atoms with Gasteiger partial charge < -0.3 is 5.32 Å². The molecular formula is C16H30N4. The molecule has 20 heavy (non-hydrogen) atoms. The average molecular weight is 278 g/mol. The van der Waals surface area contributed by atoms with Crippen LogP contribution in [0.1, 0.15) is 51.3 Å². The fourth-order valence-corrected chi connectivity index (χ4v) is 3.05. The van der Waals surface area contributed by atoms with Crippen LogP contribution in [-0.2, 0) is 20.0 Å². The summed E-state index contributed by atoms with van der Waals surface area (Å²) in [5.41, 5.74) is 2.63. The second-order valence-corrected chi connectivity index (χ2v) is 6.30. The number of aromatic nitrogens is 2. The van der Waals surface area contributed by atoms with E-state index in [0.29, 0.717) is 12.1 Å². The zero-order chi connectivity index (χ0) is 14.5. The third-order valence-electron chi connectivity index (χ3n) is 4.30. The average Bonchev–Trinajstić information content (AvgIpc) is 2.79. The van der Waals surface area contributed by atoms with Crippen molar-refractivity contribution in [2.45, 2.75) is 65.1 Å². The molecule has 1 fully saturated rings. The maximum Gasteiger partial charge on any atom is 0.0666 e. The highest BCUT2D eigenvalue weighted by Gasteiger charge is 2.20. The number of rotatable bonds is 6. The number of nitrogens with zero attached hydrogens (tertiary/aromatic N) is 3. The highest BCUT2D eigenvalue weighted by Crippen LogP contribution is 2.16. The molecule has 0 spiro atoms. The quantitative estimate of drug-likeness (QED) is 0.867. The van der Waals surface area contributed by atoms with Crippen LogP contribution in [0.15, 0.2) is 6.20 Å². The maximum atomic E-state index is 4.56. The Morgan fingerprint density at radius 3 is 2.85 bits per heavy atom. The molecule has 0 saturated carbocycles. The van der Waals surface area contributed by atoms with Crippen molar-refractivity contribution in [1.29, 1.82) is 0 Å². The molecule has 1 aromatic heterocycles. The van der Waals surface area contributed by atoms with Crippen LogP contribution in [0.2, 0.25) is 0 Å². The van der Waals surface area contributed by atoms with Crippen LogP contribution in [0.3, 0.4) is 0 Å². The number of hydrogen-bond acceptors (Lipinski definition) is 3. The second-order valence-electron chi connectivity index (χ2n) is 6.30. The van der Waals surface area contributed by atoms with Gasteiger partial charge in [0.15, 0.2) is 0 Å². The Hall–Kier alpha value is -0.870. The van der Waals surface area contributed by atoms with E-state index in [-0.39, 0.29) is 0 Å². The summed E-state index contributed by atoms with van der Waals surface area (Å²) in [6.45, 7) is 10.1. The molecule has 1 aromatic rings. The van der Waals surface area contributed by atoms with E-state index < -0.39 is 0 Å². The fourth-order valence-electron chi connectivity index (χ4n) is 3.05. The summed E-state index contributed by atoms with van der Waals surface area (Å²) >= 11 is 0. The van der Waals surface area contributed by atoms with Crippen LogP contribution in [0, 0.1) is 0 Å². The lowest BCUT2D eigenvalue weighted by molar-refractivity contribution is 0.177. The van der Waals surface area contributed by atoms with Crippen LogP contribution in [-0.4, -0.2) is 39.9 Å². The third kappa shape index (κ3) is 4.06. The van der Waals surface area contributed by atoms with Crippen LogP contribution in [0.5, 0.6) is 0 Å². The summed E-state index contributed by atoms with van der Waals surface area (Å²) < 4.78 is 1.95. The molecule has 0 aliphatic carbocycles. The van der Waals surface area contributed by atoms with Gasteiger partial charge in [0.25, 0.3) is 0 Å². The van der Waals surface area contributed by atoms with E-state index >= 15 is 0 Å². The maximum absolute atomic E-state index is 4.56. The largest absolute Gasteiger partial charge is 0.313 e. The van der Waals surface area contributed by atoms with Gasteiger partial charge in [0, 0.05) is 44.0 Å². The Labute approximate surface area is 123 Å². The van der Waals surface area contributed by atoms with E-state index in [1.807, 2.05) is 11.7 Å². The first-order valence-corrected chi connectivity index (χ1v) is 8.09. The minimum absolute atomic E-state index is 0.573. The molecule has 2 heterocycles. The molecule has 0 bridgehead atoms. The standard InChI is InChI=1S/C16H30N4/c1-5-16-14(10-19(4)18-16)11-20(13(2)3)12-15-8-6-7-9-17-15/h10,13,15,17H,5-9,11-12H2,1-4H3. The van der Waals surface area contributed by atoms with Gasteiger partial charge in [0.2, 0.25) is 0 Å². The van der Waals surface area contributed by atoms with Gasteiger partial charge in [-0.2, -0.15) is 5.10 Å². The molecule has 114 valence electrons. The van der Waals surface area contributed by atoms with E-state index in [0.717, 1.165) is 19.5 Å². The molecule has 0 radical (unpaired) electrons. The number of piperidine rings is 1. The van der Waals surface area contributed by atoms with Gasteiger partial charge in [-0.15, -0.1) is 0 Å². The highest BCUT2D eigenvalue weighted by molar-refractivity contribution is 5.17. The van der Waals surface area contributed by atoms with Crippen molar-refractivity contribution < 1.29 is 0 Å². The molecule has 0 aromatic carbocycles. The van der Waals surface area contributed by atoms with E-state index in [9.17, 15) is 0 Å². The first-order valence-electron chi connectivity index (χ1n) is 8.09.